The number of benzene rings is 7. The number of nitrogens with zero attached hydrogens (tertiary/aromatic N) is 3. The maximum absolute atomic E-state index is 14.9. The van der Waals surface area contributed by atoms with Crippen molar-refractivity contribution < 1.29 is 65.9 Å². The van der Waals surface area contributed by atoms with Crippen LogP contribution in [0.25, 0.3) is 61.1 Å². The first-order valence-corrected chi connectivity index (χ1v) is 22.4. The number of hydrogen-bond acceptors (Lipinski definition) is 3. The largest absolute Gasteiger partial charge is 0.417 e. The molecule has 2 heterocycles. The highest BCUT2D eigenvalue weighted by molar-refractivity contribution is 6.16. The molecule has 75 heavy (non-hydrogen) atoms. The minimum Gasteiger partial charge on any atom is -0.324 e. The first-order valence-electron chi connectivity index (χ1n) is 22.4. The van der Waals surface area contributed by atoms with Crippen LogP contribution in [0.3, 0.4) is 0 Å². The van der Waals surface area contributed by atoms with Crippen molar-refractivity contribution in [3.05, 3.63) is 219 Å². The Hall–Kier alpha value is -8.35. The van der Waals surface area contributed by atoms with Gasteiger partial charge in [-0.2, -0.15) is 65.9 Å². The fourth-order valence-corrected chi connectivity index (χ4v) is 9.24. The fourth-order valence-electron chi connectivity index (χ4n) is 9.24. The number of nitrogens with one attached hydrogen (secondary N) is 1. The lowest BCUT2D eigenvalue weighted by Gasteiger charge is -2.20. The highest BCUT2D eigenvalue weighted by atomic mass is 19.4. The number of aliphatic imine (C=N–C) groups is 2. The van der Waals surface area contributed by atoms with Gasteiger partial charge in [-0.3, -0.25) is 0 Å². The van der Waals surface area contributed by atoms with Crippen LogP contribution >= 0.6 is 0 Å². The number of alkyl halides is 15. The number of halogens is 15. The van der Waals surface area contributed by atoms with Gasteiger partial charge >= 0.3 is 30.9 Å². The van der Waals surface area contributed by atoms with Crippen LogP contribution < -0.4 is 15.8 Å². The monoisotopic (exact) mass is 1040 g/mol. The number of amidine groups is 2. The SMILES string of the molecule is FC(F)(F)C1=CC=CCC1=c1ccc(-n2c3ccc(-c4ccc(C(F)(F)F)cc4C(F)(F)F)cc3c3cc(-c4ccc(C(F)(F)F)cc4C(F)(F)F)ccc32)cc1=C1N=C(c2ccccc2)N=C(c2ccccc2)N1. The summed E-state index contributed by atoms with van der Waals surface area (Å²) < 4.78 is 217. The Kier molecular flexibility index (Phi) is 12.2. The average molecular weight is 1040 g/mol. The van der Waals surface area contributed by atoms with Gasteiger partial charge in [-0.25, -0.2) is 9.98 Å². The van der Waals surface area contributed by atoms with Gasteiger partial charge in [0.1, 0.15) is 11.7 Å². The van der Waals surface area contributed by atoms with Crippen molar-refractivity contribution in [3.8, 4) is 27.9 Å². The first-order chi connectivity index (χ1) is 35.3. The van der Waals surface area contributed by atoms with Crippen LogP contribution in [0.1, 0.15) is 39.8 Å². The van der Waals surface area contributed by atoms with E-state index < -0.39 is 69.8 Å². The number of fused-ring (bicyclic) bond motifs is 3. The maximum atomic E-state index is 14.9. The zero-order valence-corrected chi connectivity index (χ0v) is 37.9. The van der Waals surface area contributed by atoms with E-state index in [-0.39, 0.29) is 90.7 Å². The standard InChI is InChI=1S/C56H31F15N4/c57-52(58,59)34-17-20-37(45(27-34)55(66,67)68)32-15-23-47-41(25-32)42-26-33(38-21-18-35(53(60,61)62)28-46(38)56(69,70)71)16-24-48(42)75(47)36-19-22-39(40-13-7-8-14-44(40)54(63,64)65)43(29-36)51-73-49(30-9-3-1-4-10-30)72-50(74-51)31-11-5-2-6-12-31/h1-12,14-29H,13H2,(H,72,73,74). The highest BCUT2D eigenvalue weighted by Gasteiger charge is 2.41. The quantitative estimate of drug-likeness (QED) is 0.172. The van der Waals surface area contributed by atoms with Crippen molar-refractivity contribution in [2.45, 2.75) is 37.3 Å². The van der Waals surface area contributed by atoms with Crippen molar-refractivity contribution in [1.29, 1.82) is 0 Å². The Labute approximate surface area is 414 Å². The molecule has 0 fully saturated rings. The Balaban J connectivity index is 1.30. The Morgan fingerprint density at radius 2 is 0.960 bits per heavy atom. The van der Waals surface area contributed by atoms with Crippen molar-refractivity contribution in [3.63, 3.8) is 0 Å². The van der Waals surface area contributed by atoms with Gasteiger partial charge in [-0.1, -0.05) is 109 Å². The second kappa shape index (κ2) is 18.2. The molecule has 7 aromatic carbocycles. The van der Waals surface area contributed by atoms with Crippen LogP contribution in [0.15, 0.2) is 185 Å². The molecule has 19 heteroatoms. The second-order valence-corrected chi connectivity index (χ2v) is 17.3. The zero-order chi connectivity index (χ0) is 53.4. The van der Waals surface area contributed by atoms with Crippen LogP contribution in [0.2, 0.25) is 0 Å². The molecule has 380 valence electrons. The van der Waals surface area contributed by atoms with Gasteiger partial charge in [0.2, 0.25) is 0 Å². The predicted octanol–water partition coefficient (Wildman–Crippen LogP) is 15.4. The molecule has 0 saturated carbocycles. The van der Waals surface area contributed by atoms with Crippen molar-refractivity contribution >= 4 is 44.9 Å². The number of rotatable bonds is 5. The van der Waals surface area contributed by atoms with Gasteiger partial charge in [0.25, 0.3) is 0 Å². The van der Waals surface area contributed by atoms with E-state index in [9.17, 15) is 65.9 Å². The number of hydrogen-bond donors (Lipinski definition) is 1. The van der Waals surface area contributed by atoms with E-state index in [1.807, 2.05) is 0 Å². The van der Waals surface area contributed by atoms with E-state index >= 15 is 0 Å². The summed E-state index contributed by atoms with van der Waals surface area (Å²) >= 11 is 0. The summed E-state index contributed by atoms with van der Waals surface area (Å²) in [6.07, 6.45) is -22.3. The Bertz CT molecular complexity index is 3720. The van der Waals surface area contributed by atoms with Gasteiger partial charge in [0.15, 0.2) is 5.84 Å². The molecular weight excluding hydrogens is 1010 g/mol. The Morgan fingerprint density at radius 3 is 1.45 bits per heavy atom. The highest BCUT2D eigenvalue weighted by Crippen LogP contribution is 2.46. The Morgan fingerprint density at radius 1 is 0.440 bits per heavy atom. The summed E-state index contributed by atoms with van der Waals surface area (Å²) in [5, 5.41) is 3.38. The lowest BCUT2D eigenvalue weighted by molar-refractivity contribution is -0.144. The lowest BCUT2D eigenvalue weighted by atomic mass is 9.94. The van der Waals surface area contributed by atoms with Crippen LogP contribution in [0.5, 0.6) is 0 Å². The first kappa shape index (κ1) is 50.2. The summed E-state index contributed by atoms with van der Waals surface area (Å²) in [4.78, 5) is 9.60. The molecule has 1 aliphatic heterocycles. The molecule has 1 aromatic heterocycles. The maximum Gasteiger partial charge on any atom is 0.417 e. The third-order valence-electron chi connectivity index (χ3n) is 12.6. The molecule has 1 N–H and O–H groups in total. The van der Waals surface area contributed by atoms with E-state index in [4.69, 9.17) is 9.98 Å². The van der Waals surface area contributed by atoms with Crippen LogP contribution in [-0.2, 0) is 24.7 Å². The smallest absolute Gasteiger partial charge is 0.324 e. The number of aromatic nitrogens is 1. The van der Waals surface area contributed by atoms with Gasteiger partial charge < -0.3 is 9.88 Å². The number of allylic oxidation sites excluding steroid dienone is 4. The van der Waals surface area contributed by atoms with Gasteiger partial charge in [0.05, 0.1) is 38.9 Å². The topological polar surface area (TPSA) is 41.7 Å². The molecule has 1 aliphatic carbocycles. The molecule has 0 unspecified atom stereocenters. The fraction of sp³-hybridized carbons (Fsp3) is 0.107. The normalized spacial score (nSPS) is 16.2. The molecule has 8 aromatic rings. The predicted molar refractivity (Wildman–Crippen MR) is 255 cm³/mol. The third-order valence-corrected chi connectivity index (χ3v) is 12.6. The second-order valence-electron chi connectivity index (χ2n) is 17.3. The van der Waals surface area contributed by atoms with E-state index in [2.05, 4.69) is 5.32 Å². The van der Waals surface area contributed by atoms with Crippen LogP contribution in [-0.4, -0.2) is 22.4 Å². The molecule has 0 amide bonds. The molecule has 0 radical (unpaired) electrons. The van der Waals surface area contributed by atoms with Gasteiger partial charge in [0, 0.05) is 32.8 Å². The molecule has 2 aliphatic rings. The molecule has 10 rings (SSSR count). The van der Waals surface area contributed by atoms with E-state index in [0.717, 1.165) is 6.08 Å². The molecule has 0 saturated heterocycles. The van der Waals surface area contributed by atoms with Crippen LogP contribution in [0, 0.1) is 0 Å². The van der Waals surface area contributed by atoms with Crippen molar-refractivity contribution in [2.24, 2.45) is 9.98 Å². The zero-order valence-electron chi connectivity index (χ0n) is 37.9. The van der Waals surface area contributed by atoms with E-state index in [1.54, 1.807) is 60.7 Å². The van der Waals surface area contributed by atoms with E-state index in [0.29, 0.717) is 35.4 Å². The molecular formula is C56H31F15N4. The van der Waals surface area contributed by atoms with Gasteiger partial charge in [-0.15, -0.1) is 0 Å². The lowest BCUT2D eigenvalue weighted by Crippen LogP contribution is -2.39. The molecule has 4 nitrogen and oxygen atoms in total. The summed E-state index contributed by atoms with van der Waals surface area (Å²) in [7, 11) is 0. The minimum absolute atomic E-state index is 0.0175. The average Bonchev–Trinajstić information content (AvgIpc) is 3.70. The molecule has 0 spiro atoms. The summed E-state index contributed by atoms with van der Waals surface area (Å²) in [6.45, 7) is 0. The molecule has 0 bridgehead atoms. The summed E-state index contributed by atoms with van der Waals surface area (Å²) in [6, 6.07) is 31.2. The summed E-state index contributed by atoms with van der Waals surface area (Å²) in [5.74, 6) is 0.452. The molecule has 0 atom stereocenters. The van der Waals surface area contributed by atoms with E-state index in [1.165, 1.54) is 71.3 Å². The van der Waals surface area contributed by atoms with Crippen molar-refractivity contribution in [1.82, 2.24) is 9.88 Å². The summed E-state index contributed by atoms with van der Waals surface area (Å²) in [5.41, 5.74) is -8.01. The van der Waals surface area contributed by atoms with Gasteiger partial charge in [-0.05, 0) is 100 Å². The third kappa shape index (κ3) is 9.69. The van der Waals surface area contributed by atoms with Crippen molar-refractivity contribution in [2.75, 3.05) is 0 Å². The minimum atomic E-state index is -5.33. The van der Waals surface area contributed by atoms with Crippen LogP contribution in [0.4, 0.5) is 65.9 Å².